The maximum Gasteiger partial charge on any atom is 0.573 e. The third kappa shape index (κ3) is 7.35. The average molecular weight is 484 g/mol. The molecular weight excluding hydrogens is 452 g/mol. The second kappa shape index (κ2) is 10.2. The molecule has 186 valence electrons. The Morgan fingerprint density at radius 1 is 1.21 bits per heavy atom. The van der Waals surface area contributed by atoms with Gasteiger partial charge in [0.05, 0.1) is 19.7 Å². The van der Waals surface area contributed by atoms with Gasteiger partial charge in [-0.3, -0.25) is 4.79 Å². The number of rotatable bonds is 5. The van der Waals surface area contributed by atoms with Crippen LogP contribution in [-0.4, -0.2) is 32.0 Å². The van der Waals surface area contributed by atoms with Gasteiger partial charge >= 0.3 is 6.36 Å². The zero-order chi connectivity index (χ0) is 26.0. The largest absolute Gasteiger partial charge is 0.573 e. The Kier molecular flexibility index (Phi) is 7.30. The molecule has 2 aromatic rings. The first-order chi connectivity index (χ1) is 16.2. The third-order valence-electron chi connectivity index (χ3n) is 5.25. The molecular formula is C25H30F4N2O3. The van der Waals surface area contributed by atoms with E-state index in [1.165, 1.54) is 18.2 Å². The molecule has 1 amide bonds. The van der Waals surface area contributed by atoms with E-state index in [1.54, 1.807) is 13.0 Å². The second-order valence-electron chi connectivity index (χ2n) is 9.49. The number of anilines is 2. The molecule has 0 aromatic heterocycles. The minimum atomic E-state index is -4.79. The summed E-state index contributed by atoms with van der Waals surface area (Å²) in [6.45, 7) is 8.41. The molecule has 1 fully saturated rings. The molecule has 1 aliphatic rings. The summed E-state index contributed by atoms with van der Waals surface area (Å²) in [5, 5.41) is 2.66. The number of amides is 1. The van der Waals surface area contributed by atoms with Crippen molar-refractivity contribution in [1.29, 1.82) is 0 Å². The SMILES string of the molecule is [2H][C@]1(c2ccc(OC(F)(F)F)cc2)CCN(c2cc(C)c(NC(=O)CC(C)(C)C)c(F)c2)CCO1. The van der Waals surface area contributed by atoms with Gasteiger partial charge in [-0.1, -0.05) is 32.9 Å². The molecule has 5 nitrogen and oxygen atoms in total. The van der Waals surface area contributed by atoms with Crippen molar-refractivity contribution in [3.63, 3.8) is 0 Å². The Labute approximate surface area is 198 Å². The maximum atomic E-state index is 14.9. The van der Waals surface area contributed by atoms with Crippen LogP contribution in [0.1, 0.15) is 52.2 Å². The Bertz CT molecular complexity index is 1030. The lowest BCUT2D eigenvalue weighted by Gasteiger charge is -2.24. The fourth-order valence-corrected chi connectivity index (χ4v) is 3.76. The van der Waals surface area contributed by atoms with E-state index in [-0.39, 0.29) is 42.2 Å². The van der Waals surface area contributed by atoms with Crippen molar-refractivity contribution in [3.8, 4) is 5.75 Å². The van der Waals surface area contributed by atoms with E-state index in [2.05, 4.69) is 10.1 Å². The van der Waals surface area contributed by atoms with Gasteiger partial charge < -0.3 is 19.7 Å². The molecule has 2 aromatic carbocycles. The summed E-state index contributed by atoms with van der Waals surface area (Å²) >= 11 is 0. The first kappa shape index (κ1) is 24.3. The van der Waals surface area contributed by atoms with E-state index in [0.717, 1.165) is 12.1 Å². The Morgan fingerprint density at radius 3 is 2.47 bits per heavy atom. The summed E-state index contributed by atoms with van der Waals surface area (Å²) in [6, 6.07) is 8.17. The van der Waals surface area contributed by atoms with E-state index in [1.807, 2.05) is 25.7 Å². The summed E-state index contributed by atoms with van der Waals surface area (Å²) in [5.41, 5.74) is 1.48. The lowest BCUT2D eigenvalue weighted by atomic mass is 9.92. The van der Waals surface area contributed by atoms with Crippen molar-refractivity contribution >= 4 is 17.3 Å². The van der Waals surface area contributed by atoms with E-state index in [9.17, 15) is 22.4 Å². The van der Waals surface area contributed by atoms with Crippen molar-refractivity contribution in [3.05, 3.63) is 53.3 Å². The number of alkyl halides is 3. The fraction of sp³-hybridized carbons (Fsp3) is 0.480. The van der Waals surface area contributed by atoms with Gasteiger partial charge in [0.15, 0.2) is 0 Å². The number of hydrogen-bond acceptors (Lipinski definition) is 4. The molecule has 1 saturated heterocycles. The molecule has 9 heteroatoms. The van der Waals surface area contributed by atoms with Crippen LogP contribution >= 0.6 is 0 Å². The molecule has 1 atom stereocenters. The lowest BCUT2D eigenvalue weighted by Crippen LogP contribution is -2.26. The van der Waals surface area contributed by atoms with Crippen LogP contribution in [0, 0.1) is 18.2 Å². The molecule has 0 unspecified atom stereocenters. The summed E-state index contributed by atoms with van der Waals surface area (Å²) in [7, 11) is 0. The summed E-state index contributed by atoms with van der Waals surface area (Å²) < 4.78 is 70.5. The van der Waals surface area contributed by atoms with E-state index >= 15 is 0 Å². The van der Waals surface area contributed by atoms with Gasteiger partial charge in [-0.25, -0.2) is 4.39 Å². The zero-order valence-corrected chi connectivity index (χ0v) is 19.7. The summed E-state index contributed by atoms with van der Waals surface area (Å²) in [4.78, 5) is 14.2. The topological polar surface area (TPSA) is 50.8 Å². The smallest absolute Gasteiger partial charge is 0.406 e. The highest BCUT2D eigenvalue weighted by atomic mass is 19.4. The molecule has 0 spiro atoms. The Balaban J connectivity index is 1.71. The molecule has 1 aliphatic heterocycles. The lowest BCUT2D eigenvalue weighted by molar-refractivity contribution is -0.274. The van der Waals surface area contributed by atoms with Gasteiger partial charge in [0.1, 0.15) is 11.6 Å². The number of ether oxygens (including phenoxy) is 2. The number of nitrogens with one attached hydrogen (secondary N) is 1. The number of aryl methyl sites for hydroxylation is 1. The van der Waals surface area contributed by atoms with Crippen LogP contribution < -0.4 is 15.0 Å². The van der Waals surface area contributed by atoms with Crippen LogP contribution in [0.25, 0.3) is 0 Å². The second-order valence-corrected chi connectivity index (χ2v) is 9.49. The Morgan fingerprint density at radius 2 is 1.88 bits per heavy atom. The summed E-state index contributed by atoms with van der Waals surface area (Å²) in [5.74, 6) is -1.19. The number of nitrogens with zero attached hydrogens (tertiary/aromatic N) is 1. The monoisotopic (exact) mass is 483 g/mol. The number of halogens is 4. The molecule has 0 saturated carbocycles. The number of hydrogen-bond donors (Lipinski definition) is 1. The van der Waals surface area contributed by atoms with Crippen LogP contribution in [0.15, 0.2) is 36.4 Å². The van der Waals surface area contributed by atoms with Crippen LogP contribution in [0.3, 0.4) is 0 Å². The number of carbonyl (C=O) groups is 1. The molecule has 34 heavy (non-hydrogen) atoms. The predicted molar refractivity (Wildman–Crippen MR) is 122 cm³/mol. The van der Waals surface area contributed by atoms with Crippen LogP contribution in [0.2, 0.25) is 0 Å². The fourth-order valence-electron chi connectivity index (χ4n) is 3.76. The van der Waals surface area contributed by atoms with Crippen LogP contribution in [0.4, 0.5) is 28.9 Å². The predicted octanol–water partition coefficient (Wildman–Crippen LogP) is 6.38. The minimum Gasteiger partial charge on any atom is -0.406 e. The highest BCUT2D eigenvalue weighted by molar-refractivity contribution is 5.92. The standard InChI is InChI=1S/C25H30F4N2O3/c1-16-13-18(14-20(26)23(16)30-22(32)15-24(2,3)4)31-10-9-21(33-12-11-31)17-5-7-19(8-6-17)34-25(27,28)29/h5-8,13-14,21H,9-12,15H2,1-4H3,(H,30,32)/t21-/m1/s1/i21D. The van der Waals surface area contributed by atoms with Crippen molar-refractivity contribution in [2.24, 2.45) is 5.41 Å². The first-order valence-electron chi connectivity index (χ1n) is 11.5. The van der Waals surface area contributed by atoms with Gasteiger partial charge in [-0.05, 0) is 54.2 Å². The van der Waals surface area contributed by atoms with Gasteiger partial charge in [0, 0.05) is 25.2 Å². The zero-order valence-electron chi connectivity index (χ0n) is 20.7. The van der Waals surface area contributed by atoms with Gasteiger partial charge in [-0.2, -0.15) is 0 Å². The van der Waals surface area contributed by atoms with E-state index in [4.69, 9.17) is 6.11 Å². The first-order valence-corrected chi connectivity index (χ1v) is 11.0. The van der Waals surface area contributed by atoms with Gasteiger partial charge in [0.25, 0.3) is 0 Å². The Hall–Kier alpha value is -2.81. The third-order valence-corrected chi connectivity index (χ3v) is 5.25. The molecule has 0 aliphatic carbocycles. The highest BCUT2D eigenvalue weighted by Crippen LogP contribution is 2.32. The van der Waals surface area contributed by atoms with Gasteiger partial charge in [-0.15, -0.1) is 13.2 Å². The van der Waals surface area contributed by atoms with E-state index < -0.39 is 18.3 Å². The normalized spacial score (nSPS) is 19.9. The van der Waals surface area contributed by atoms with Crippen LogP contribution in [-0.2, 0) is 9.53 Å². The van der Waals surface area contributed by atoms with E-state index in [0.29, 0.717) is 29.9 Å². The molecule has 1 N–H and O–H groups in total. The number of benzene rings is 2. The molecule has 3 rings (SSSR count). The van der Waals surface area contributed by atoms with Crippen molar-refractivity contribution in [1.82, 2.24) is 0 Å². The quantitative estimate of drug-likeness (QED) is 0.502. The van der Waals surface area contributed by atoms with Crippen molar-refractivity contribution < 1.29 is 33.2 Å². The van der Waals surface area contributed by atoms with Gasteiger partial charge in [0.2, 0.25) is 5.91 Å². The van der Waals surface area contributed by atoms with Crippen LogP contribution in [0.5, 0.6) is 5.75 Å². The number of carbonyl (C=O) groups excluding carboxylic acids is 1. The molecule has 0 radical (unpaired) electrons. The maximum absolute atomic E-state index is 14.9. The van der Waals surface area contributed by atoms with Crippen molar-refractivity contribution in [2.75, 3.05) is 29.9 Å². The molecule has 1 heterocycles. The highest BCUT2D eigenvalue weighted by Gasteiger charge is 2.31. The minimum absolute atomic E-state index is 0.144. The average Bonchev–Trinajstić information content (AvgIpc) is 2.91. The summed E-state index contributed by atoms with van der Waals surface area (Å²) in [6.07, 6.45) is -5.80. The van der Waals surface area contributed by atoms with Crippen molar-refractivity contribution in [2.45, 2.75) is 53.0 Å². The molecule has 0 bridgehead atoms.